The van der Waals surface area contributed by atoms with Crippen molar-refractivity contribution in [3.05, 3.63) is 48.8 Å². The molecule has 1 aromatic carbocycles. The molecule has 0 amide bonds. The average molecular weight is 219 g/mol. The Kier molecular flexibility index (Phi) is 1.56. The summed E-state index contributed by atoms with van der Waals surface area (Å²) >= 11 is 0. The number of hydrogen-bond donors (Lipinski definition) is 1. The van der Waals surface area contributed by atoms with Crippen LogP contribution in [-0.4, -0.2) is 15.0 Å². The second-order valence-electron chi connectivity index (χ2n) is 4.12. The van der Waals surface area contributed by atoms with Crippen LogP contribution in [0, 0.1) is 0 Å². The lowest BCUT2D eigenvalue weighted by molar-refractivity contribution is 1.32. The van der Waals surface area contributed by atoms with E-state index in [9.17, 15) is 0 Å². The minimum atomic E-state index is 0.923. The summed E-state index contributed by atoms with van der Waals surface area (Å²) in [4.78, 5) is 12.0. The van der Waals surface area contributed by atoms with E-state index < -0.39 is 0 Å². The lowest BCUT2D eigenvalue weighted by Crippen LogP contribution is -1.81. The van der Waals surface area contributed by atoms with Gasteiger partial charge < -0.3 is 4.98 Å². The molecule has 80 valence electrons. The van der Waals surface area contributed by atoms with Crippen molar-refractivity contribution >= 4 is 32.8 Å². The maximum absolute atomic E-state index is 4.60. The van der Waals surface area contributed by atoms with Gasteiger partial charge in [0.2, 0.25) is 0 Å². The van der Waals surface area contributed by atoms with Crippen molar-refractivity contribution in [3.63, 3.8) is 0 Å². The Morgan fingerprint density at radius 1 is 1.00 bits per heavy atom. The van der Waals surface area contributed by atoms with Crippen molar-refractivity contribution in [1.82, 2.24) is 15.0 Å². The molecule has 0 saturated carbocycles. The normalized spacial score (nSPS) is 11.5. The quantitative estimate of drug-likeness (QED) is 0.493. The standard InChI is InChI=1S/C14H9N3/c1-2-4-12-10(3-1)11-7-9-5-6-15-8-13(9)17-14(11)16-12/h1-8H,(H,16,17). The number of aromatic amines is 1. The lowest BCUT2D eigenvalue weighted by atomic mass is 10.1. The molecular weight excluding hydrogens is 210 g/mol. The van der Waals surface area contributed by atoms with Crippen LogP contribution in [0.2, 0.25) is 0 Å². The van der Waals surface area contributed by atoms with Crippen LogP contribution in [0.3, 0.4) is 0 Å². The Labute approximate surface area is 97.1 Å². The molecule has 4 aromatic rings. The maximum atomic E-state index is 4.60. The summed E-state index contributed by atoms with van der Waals surface area (Å²) in [6.45, 7) is 0. The number of nitrogens with zero attached hydrogens (tertiary/aromatic N) is 2. The summed E-state index contributed by atoms with van der Waals surface area (Å²) in [5, 5.41) is 3.50. The van der Waals surface area contributed by atoms with Crippen LogP contribution in [-0.2, 0) is 0 Å². The fourth-order valence-corrected chi connectivity index (χ4v) is 2.27. The van der Waals surface area contributed by atoms with Gasteiger partial charge in [-0.05, 0) is 18.2 Å². The van der Waals surface area contributed by atoms with Gasteiger partial charge in [-0.2, -0.15) is 0 Å². The molecule has 3 heterocycles. The second kappa shape index (κ2) is 3.04. The number of pyridine rings is 2. The minimum Gasteiger partial charge on any atom is -0.339 e. The first-order chi connectivity index (χ1) is 8.42. The van der Waals surface area contributed by atoms with Crippen LogP contribution in [0.15, 0.2) is 48.8 Å². The number of fused-ring (bicyclic) bond motifs is 4. The molecule has 0 fully saturated rings. The minimum absolute atomic E-state index is 0.923. The van der Waals surface area contributed by atoms with E-state index in [2.05, 4.69) is 33.2 Å². The third kappa shape index (κ3) is 1.16. The van der Waals surface area contributed by atoms with Crippen LogP contribution in [0.4, 0.5) is 0 Å². The van der Waals surface area contributed by atoms with E-state index in [-0.39, 0.29) is 0 Å². The molecule has 0 aliphatic heterocycles. The summed E-state index contributed by atoms with van der Waals surface area (Å²) < 4.78 is 0. The molecular formula is C14H9N3. The average Bonchev–Trinajstić information content (AvgIpc) is 2.73. The second-order valence-corrected chi connectivity index (χ2v) is 4.12. The van der Waals surface area contributed by atoms with Gasteiger partial charge in [0.15, 0.2) is 0 Å². The highest BCUT2D eigenvalue weighted by atomic mass is 14.9. The molecule has 0 radical (unpaired) electrons. The van der Waals surface area contributed by atoms with Crippen molar-refractivity contribution in [1.29, 1.82) is 0 Å². The molecule has 0 atom stereocenters. The van der Waals surface area contributed by atoms with Crippen molar-refractivity contribution in [3.8, 4) is 0 Å². The van der Waals surface area contributed by atoms with Crippen LogP contribution < -0.4 is 0 Å². The number of aromatic nitrogens is 3. The Bertz CT molecular complexity index is 840. The summed E-state index contributed by atoms with van der Waals surface area (Å²) in [5.74, 6) is 0. The zero-order chi connectivity index (χ0) is 11.2. The molecule has 0 saturated heterocycles. The van der Waals surface area contributed by atoms with E-state index in [0.29, 0.717) is 0 Å². The molecule has 1 N–H and O–H groups in total. The van der Waals surface area contributed by atoms with Gasteiger partial charge in [-0.15, -0.1) is 0 Å². The van der Waals surface area contributed by atoms with Crippen molar-refractivity contribution < 1.29 is 0 Å². The highest BCUT2D eigenvalue weighted by Gasteiger charge is 2.05. The fraction of sp³-hybridized carbons (Fsp3) is 0. The lowest BCUT2D eigenvalue weighted by Gasteiger charge is -1.96. The summed E-state index contributed by atoms with van der Waals surface area (Å²) in [6.07, 6.45) is 3.59. The van der Waals surface area contributed by atoms with E-state index in [1.807, 2.05) is 18.2 Å². The predicted octanol–water partition coefficient (Wildman–Crippen LogP) is 3.26. The Hall–Kier alpha value is -2.42. The first-order valence-corrected chi connectivity index (χ1v) is 5.53. The first-order valence-electron chi connectivity index (χ1n) is 5.53. The van der Waals surface area contributed by atoms with E-state index in [1.165, 1.54) is 10.8 Å². The number of rotatable bonds is 0. The van der Waals surface area contributed by atoms with Gasteiger partial charge in [0.1, 0.15) is 5.65 Å². The van der Waals surface area contributed by atoms with Crippen molar-refractivity contribution in [2.45, 2.75) is 0 Å². The molecule has 3 aromatic heterocycles. The Morgan fingerprint density at radius 3 is 2.94 bits per heavy atom. The van der Waals surface area contributed by atoms with Gasteiger partial charge >= 0.3 is 0 Å². The molecule has 3 heteroatoms. The van der Waals surface area contributed by atoms with Gasteiger partial charge in [0, 0.05) is 27.9 Å². The van der Waals surface area contributed by atoms with Gasteiger partial charge in [-0.1, -0.05) is 18.2 Å². The number of nitrogens with one attached hydrogen (secondary N) is 1. The molecule has 4 rings (SSSR count). The summed E-state index contributed by atoms with van der Waals surface area (Å²) in [5.41, 5.74) is 2.97. The molecule has 0 aliphatic rings. The predicted molar refractivity (Wildman–Crippen MR) is 68.9 cm³/mol. The summed E-state index contributed by atoms with van der Waals surface area (Å²) in [6, 6.07) is 12.4. The highest BCUT2D eigenvalue weighted by Crippen LogP contribution is 2.26. The van der Waals surface area contributed by atoms with Gasteiger partial charge in [-0.3, -0.25) is 4.98 Å². The number of H-pyrrole nitrogens is 1. The van der Waals surface area contributed by atoms with Gasteiger partial charge in [0.05, 0.1) is 11.7 Å². The van der Waals surface area contributed by atoms with Gasteiger partial charge in [0.25, 0.3) is 0 Å². The van der Waals surface area contributed by atoms with Crippen LogP contribution in [0.1, 0.15) is 0 Å². The van der Waals surface area contributed by atoms with Crippen LogP contribution in [0.5, 0.6) is 0 Å². The molecule has 3 nitrogen and oxygen atoms in total. The molecule has 0 unspecified atom stereocenters. The van der Waals surface area contributed by atoms with E-state index >= 15 is 0 Å². The smallest absolute Gasteiger partial charge is 0.139 e. The van der Waals surface area contributed by atoms with Crippen LogP contribution in [0.25, 0.3) is 32.8 Å². The molecule has 17 heavy (non-hydrogen) atoms. The molecule has 0 spiro atoms. The van der Waals surface area contributed by atoms with E-state index in [1.54, 1.807) is 12.4 Å². The maximum Gasteiger partial charge on any atom is 0.139 e. The largest absolute Gasteiger partial charge is 0.339 e. The van der Waals surface area contributed by atoms with Crippen LogP contribution >= 0.6 is 0 Å². The van der Waals surface area contributed by atoms with E-state index in [4.69, 9.17) is 0 Å². The monoisotopic (exact) mass is 219 g/mol. The third-order valence-electron chi connectivity index (χ3n) is 3.09. The molecule has 0 aliphatic carbocycles. The molecule has 0 bridgehead atoms. The number of hydrogen-bond acceptors (Lipinski definition) is 2. The Balaban J connectivity index is 2.28. The number of para-hydroxylation sites is 1. The van der Waals surface area contributed by atoms with E-state index in [0.717, 1.165) is 22.1 Å². The zero-order valence-corrected chi connectivity index (χ0v) is 9.01. The highest BCUT2D eigenvalue weighted by molar-refractivity contribution is 6.09. The van der Waals surface area contributed by atoms with Crippen molar-refractivity contribution in [2.75, 3.05) is 0 Å². The van der Waals surface area contributed by atoms with Crippen molar-refractivity contribution in [2.24, 2.45) is 0 Å². The summed E-state index contributed by atoms with van der Waals surface area (Å²) in [7, 11) is 0. The van der Waals surface area contributed by atoms with Gasteiger partial charge in [-0.25, -0.2) is 4.98 Å². The number of benzene rings is 1. The topological polar surface area (TPSA) is 41.6 Å². The third-order valence-corrected chi connectivity index (χ3v) is 3.09. The Morgan fingerprint density at radius 2 is 1.94 bits per heavy atom. The zero-order valence-electron chi connectivity index (χ0n) is 9.01. The fourth-order valence-electron chi connectivity index (χ4n) is 2.27. The SMILES string of the molecule is c1ccc2c(c1)[nH]c1nc3cnccc3cc12. The first kappa shape index (κ1) is 8.70.